The van der Waals surface area contributed by atoms with Gasteiger partial charge in [0.25, 0.3) is 6.71 Å². The van der Waals surface area contributed by atoms with Gasteiger partial charge in [0, 0.05) is 50.6 Å². The lowest BCUT2D eigenvalue weighted by molar-refractivity contribution is 0.590. The van der Waals surface area contributed by atoms with E-state index in [2.05, 4.69) is 0 Å². The molecule has 4 nitrogen and oxygen atoms in total. The van der Waals surface area contributed by atoms with Crippen molar-refractivity contribution in [2.75, 3.05) is 14.7 Å². The van der Waals surface area contributed by atoms with Crippen LogP contribution in [0.4, 0.5) is 51.2 Å². The SMILES string of the molecule is [2H]c1c([2H])c2c3c(c1[2H])-n1c4c([2H])c([2H])c([2H])c([2H])c4c4c([2H])c([2H])c([2H])c(c41)N3c1c([2H])c(C(C)(C)C)c([2H])c3c1B2c1c([2H])c([2H])c(N(c2c([2H])c([2H])c(C(C)(C)C)c([2H])c2[2H])c2c([2H])c([2H])c(C(C)(C)C)c([2H])c2[2H])c([2H])c1N3c1c([2H])c([2H])c(-c2c([2H])c([2H])c3c([2H])c([2H])c([2H])c([2H])c3c2[2H])c([2H])c1[2H]. The van der Waals surface area contributed by atoms with Gasteiger partial charge < -0.3 is 19.3 Å². The van der Waals surface area contributed by atoms with Gasteiger partial charge in [-0.25, -0.2) is 0 Å². The van der Waals surface area contributed by atoms with E-state index in [-0.39, 0.29) is 27.6 Å². The lowest BCUT2D eigenvalue weighted by atomic mass is 9.33. The smallest absolute Gasteiger partial charge is 0.252 e. The Bertz CT molecular complexity index is 6040. The van der Waals surface area contributed by atoms with E-state index in [1.807, 2.05) is 0 Å². The topological polar surface area (TPSA) is 14.7 Å². The molecule has 11 aromatic rings. The number of nitrogens with zero attached hydrogens (tertiary/aromatic N) is 4. The van der Waals surface area contributed by atoms with Crippen molar-refractivity contribution >= 4 is 107 Å². The van der Waals surface area contributed by atoms with Crippen molar-refractivity contribution in [3.8, 4) is 16.8 Å². The maximum atomic E-state index is 11.2. The first-order valence-corrected chi connectivity index (χ1v) is 24.0. The van der Waals surface area contributed by atoms with Crippen LogP contribution in [0, 0.1) is 0 Å². The number of para-hydroxylation sites is 3. The molecule has 0 amide bonds. The zero-order chi connectivity index (χ0) is 80.9. The van der Waals surface area contributed by atoms with Gasteiger partial charge in [0.05, 0.1) is 74.7 Å². The zero-order valence-corrected chi connectivity index (χ0v) is 41.9. The van der Waals surface area contributed by atoms with Crippen LogP contribution < -0.4 is 31.1 Å². The number of hydrogen-bond acceptors (Lipinski definition) is 3. The number of fused-ring (bicyclic) bond motifs is 10. The van der Waals surface area contributed by atoms with Crippen LogP contribution in [-0.2, 0) is 16.2 Å². The van der Waals surface area contributed by atoms with Gasteiger partial charge in [0.2, 0.25) is 0 Å². The molecule has 75 heavy (non-hydrogen) atoms. The van der Waals surface area contributed by atoms with Crippen LogP contribution in [0.25, 0.3) is 49.4 Å². The Kier molecular flexibility index (Phi) is 4.79. The predicted molar refractivity (Wildman–Crippen MR) is 322 cm³/mol. The minimum absolute atomic E-state index is 0.182. The molecule has 0 aliphatic carbocycles. The number of rotatable bonds is 5. The molecule has 0 atom stereocenters. The Balaban J connectivity index is 1.27. The van der Waals surface area contributed by atoms with Crippen molar-refractivity contribution in [3.63, 3.8) is 0 Å². The van der Waals surface area contributed by atoms with E-state index in [0.717, 1.165) is 14.4 Å². The molecule has 0 saturated carbocycles. The maximum absolute atomic E-state index is 11.2. The minimum atomic E-state index is -2.13. The van der Waals surface area contributed by atoms with E-state index in [1.54, 1.807) is 62.3 Å². The summed E-state index contributed by atoms with van der Waals surface area (Å²) in [5.74, 6) is 0. The van der Waals surface area contributed by atoms with Crippen LogP contribution in [0.3, 0.4) is 0 Å². The number of aromatic nitrogens is 1. The van der Waals surface area contributed by atoms with Gasteiger partial charge in [-0.2, -0.15) is 0 Å². The van der Waals surface area contributed by atoms with Gasteiger partial charge in [0.15, 0.2) is 0 Å². The lowest BCUT2D eigenvalue weighted by Gasteiger charge is -2.47. The summed E-state index contributed by atoms with van der Waals surface area (Å²) in [6.45, 7) is 12.0. The second-order valence-corrected chi connectivity index (χ2v) is 21.6. The molecule has 0 unspecified atom stereocenters. The summed E-state index contributed by atoms with van der Waals surface area (Å²) >= 11 is 0. The van der Waals surface area contributed by atoms with Crippen LogP contribution >= 0.6 is 0 Å². The third-order valence-corrected chi connectivity index (χ3v) is 13.5. The average molecular weight is 1000 g/mol. The lowest BCUT2D eigenvalue weighted by Crippen LogP contribution is -2.62. The highest BCUT2D eigenvalue weighted by molar-refractivity contribution is 7.00. The van der Waals surface area contributed by atoms with Gasteiger partial charge >= 0.3 is 0 Å². The Hall–Kier alpha value is -8.28. The summed E-state index contributed by atoms with van der Waals surface area (Å²) in [7, 11) is 0. The van der Waals surface area contributed by atoms with Crippen LogP contribution in [0.5, 0.6) is 0 Å². The summed E-state index contributed by atoms with van der Waals surface area (Å²) in [4.78, 5) is 2.46. The van der Waals surface area contributed by atoms with E-state index in [4.69, 9.17) is 9.60 Å². The van der Waals surface area contributed by atoms with Crippen molar-refractivity contribution in [1.82, 2.24) is 4.57 Å². The van der Waals surface area contributed by atoms with E-state index < -0.39 is 334 Å². The fraction of sp³-hybridized carbons (Fsp3) is 0.171. The normalized spacial score (nSPS) is 19.9. The van der Waals surface area contributed by atoms with Crippen LogP contribution in [0.15, 0.2) is 205 Å². The Labute approximate surface area is 490 Å². The summed E-state index contributed by atoms with van der Waals surface area (Å²) in [6, 6.07) is -31.2. The van der Waals surface area contributed by atoms with Crippen molar-refractivity contribution in [3.05, 3.63) is 222 Å². The summed E-state index contributed by atoms with van der Waals surface area (Å²) < 4.78 is 333. The van der Waals surface area contributed by atoms with Gasteiger partial charge in [-0.05, 0) is 156 Å². The number of anilines is 9. The fourth-order valence-electron chi connectivity index (χ4n) is 9.82. The molecule has 10 aromatic carbocycles. The van der Waals surface area contributed by atoms with Gasteiger partial charge in [0.1, 0.15) is 0 Å². The van der Waals surface area contributed by atoms with Crippen LogP contribution in [-0.4, -0.2) is 11.3 Å². The summed E-state index contributed by atoms with van der Waals surface area (Å²) in [6.07, 6.45) is 0. The first-order valence-electron chi connectivity index (χ1n) is 41.0. The number of benzene rings is 10. The predicted octanol–water partition coefficient (Wildman–Crippen LogP) is 17.4. The number of hydrogen-bond donors (Lipinski definition) is 0. The van der Waals surface area contributed by atoms with Crippen molar-refractivity contribution < 1.29 is 46.6 Å². The Morgan fingerprint density at radius 3 is 1.65 bits per heavy atom. The molecule has 5 heteroatoms. The molecule has 0 N–H and O–H groups in total. The molecule has 0 saturated heterocycles. The molecular formula is C70H61BN4. The molecule has 1 aromatic heterocycles. The first kappa shape index (κ1) is 22.3. The largest absolute Gasteiger partial charge is 0.311 e. The summed E-state index contributed by atoms with van der Waals surface area (Å²) in [5.41, 5.74) is -16.4. The molecule has 0 spiro atoms. The van der Waals surface area contributed by atoms with Crippen LogP contribution in [0.1, 0.15) is 126 Å². The molecule has 0 bridgehead atoms. The standard InChI is InChI=1S/C70H61BN4/c1-68(2,3)48-28-34-51(35-29-48)72(52-36-30-49(31-37-52)69(4,5)6)54-38-39-57-62(43-54)73(53-32-26-45(27-33-53)47-25-24-44-16-10-11-17-46(44)40-47)63-41-50(70(7,8)9)42-64-65(63)71(57)58-20-15-23-61-67(58)75(64)60-22-14-19-56-55-18-12-13-21-59(55)74(61)66(56)60/h10-43H,1-9H3/i10D,11D,12D,13D,14D,15D,16D,17D,18D,19D,20D,21D,22D,23D,24D,25D,26D,27D,28D,29D,30D,31D,32D,33D,34D,35D,36D,37D,38D,39D,40D,41D,42D,43D. The molecular weight excluding hydrogens is 908 g/mol. The highest BCUT2D eigenvalue weighted by Gasteiger charge is 2.47. The average Bonchev–Trinajstić information content (AvgIpc) is 1.65. The Morgan fingerprint density at radius 1 is 0.400 bits per heavy atom. The van der Waals surface area contributed by atoms with Gasteiger partial charge in [-0.3, -0.25) is 0 Å². The van der Waals surface area contributed by atoms with Gasteiger partial charge in [-0.1, -0.05) is 183 Å². The third kappa shape index (κ3) is 6.97. The quantitative estimate of drug-likeness (QED) is 0.160. The summed E-state index contributed by atoms with van der Waals surface area (Å²) in [5, 5.41) is -2.05. The maximum Gasteiger partial charge on any atom is 0.252 e. The zero-order valence-electron chi connectivity index (χ0n) is 75.9. The van der Waals surface area contributed by atoms with Crippen molar-refractivity contribution in [1.29, 1.82) is 0 Å². The van der Waals surface area contributed by atoms with E-state index in [0.29, 0.717) is 4.90 Å². The molecule has 4 heterocycles. The molecule has 3 aliphatic rings. The minimum Gasteiger partial charge on any atom is -0.311 e. The van der Waals surface area contributed by atoms with E-state index >= 15 is 0 Å². The van der Waals surface area contributed by atoms with Gasteiger partial charge in [-0.15, -0.1) is 0 Å². The van der Waals surface area contributed by atoms with Crippen molar-refractivity contribution in [2.45, 2.75) is 78.6 Å². The van der Waals surface area contributed by atoms with Crippen LogP contribution in [0.2, 0.25) is 0 Å². The molecule has 0 fully saturated rings. The highest BCUT2D eigenvalue weighted by atomic mass is 15.2. The van der Waals surface area contributed by atoms with Crippen molar-refractivity contribution in [2.24, 2.45) is 0 Å². The second kappa shape index (κ2) is 16.1. The fourth-order valence-corrected chi connectivity index (χ4v) is 9.82. The highest BCUT2D eigenvalue weighted by Crippen LogP contribution is 2.53. The molecule has 3 aliphatic heterocycles. The monoisotopic (exact) mass is 1000 g/mol. The molecule has 364 valence electrons. The second-order valence-electron chi connectivity index (χ2n) is 21.6. The third-order valence-electron chi connectivity index (χ3n) is 13.5. The first-order chi connectivity index (χ1) is 50.3. The molecule has 14 rings (SSSR count). The van der Waals surface area contributed by atoms with E-state index in [1.165, 1.54) is 0 Å². The molecule has 0 radical (unpaired) electrons. The van der Waals surface area contributed by atoms with E-state index in [9.17, 15) is 37.0 Å². The Morgan fingerprint density at radius 2 is 0.973 bits per heavy atom.